The summed E-state index contributed by atoms with van der Waals surface area (Å²) in [5, 5.41) is 0. The predicted octanol–water partition coefficient (Wildman–Crippen LogP) is 6.58. The van der Waals surface area contributed by atoms with Gasteiger partial charge in [0.1, 0.15) is 17.7 Å². The third-order valence-corrected chi connectivity index (χ3v) is 6.15. The number of methoxy groups -OCH3 is 1. The molecule has 1 aliphatic rings. The summed E-state index contributed by atoms with van der Waals surface area (Å²) in [6.07, 6.45) is -0.104. The topological polar surface area (TPSA) is 34.1 Å². The lowest BCUT2D eigenvalue weighted by Gasteiger charge is -2.30. The molecule has 3 aromatic carbocycles. The van der Waals surface area contributed by atoms with Crippen molar-refractivity contribution >= 4 is 50.3 Å². The summed E-state index contributed by atoms with van der Waals surface area (Å²) in [6.45, 7) is 2.20. The van der Waals surface area contributed by atoms with Crippen molar-refractivity contribution in [3.63, 3.8) is 0 Å². The van der Waals surface area contributed by atoms with Crippen molar-refractivity contribution in [1.29, 1.82) is 0 Å². The van der Waals surface area contributed by atoms with Crippen LogP contribution in [0, 0.1) is 0 Å². The van der Waals surface area contributed by atoms with E-state index in [1.165, 1.54) is 0 Å². The first-order valence-corrected chi connectivity index (χ1v) is 10.9. The average Bonchev–Trinajstić information content (AvgIpc) is 3.11. The summed E-state index contributed by atoms with van der Waals surface area (Å²) < 4.78 is 11.7. The highest BCUT2D eigenvalue weighted by Gasteiger charge is 2.35. The van der Waals surface area contributed by atoms with Gasteiger partial charge in [-0.25, -0.2) is 0 Å². The third-order valence-electron chi connectivity index (χ3n) is 5.12. The Morgan fingerprint density at radius 3 is 2.10 bits per heavy atom. The minimum Gasteiger partial charge on any atom is -0.497 e. The van der Waals surface area contributed by atoms with Crippen molar-refractivity contribution in [2.45, 2.75) is 19.1 Å². The maximum absolute atomic E-state index is 5.32. The number of ether oxygens (including phenoxy) is 1. The number of hydrogen-bond acceptors (Lipinski definition) is 4. The summed E-state index contributed by atoms with van der Waals surface area (Å²) in [5.41, 5.74) is 4.43. The van der Waals surface area contributed by atoms with Crippen LogP contribution in [-0.2, 0) is 0 Å². The molecule has 1 heterocycles. The molecule has 29 heavy (non-hydrogen) atoms. The average molecular weight is 563 g/mol. The number of halogens is 2. The molecule has 3 aromatic rings. The number of hydrogen-bond donors (Lipinski definition) is 0. The summed E-state index contributed by atoms with van der Waals surface area (Å²) in [7, 11) is 1.68. The maximum atomic E-state index is 5.32. The lowest BCUT2D eigenvalue weighted by molar-refractivity contribution is 0.414. The molecular weight excluding hydrogens is 543 g/mol. The normalized spacial score (nSPS) is 18.5. The van der Waals surface area contributed by atoms with Crippen LogP contribution in [0.5, 0.6) is 11.5 Å². The quantitative estimate of drug-likeness (QED) is 0.329. The molecule has 0 aliphatic carbocycles. The van der Waals surface area contributed by atoms with Gasteiger partial charge in [-0.1, -0.05) is 28.1 Å². The van der Waals surface area contributed by atoms with Crippen LogP contribution in [0.3, 0.4) is 0 Å². The van der Waals surface area contributed by atoms with Crippen molar-refractivity contribution in [1.82, 2.24) is 0 Å². The van der Waals surface area contributed by atoms with Gasteiger partial charge in [-0.05, 0) is 78.7 Å². The Hall–Kier alpha value is -2.06. The number of nitrogens with zero attached hydrogens (tertiary/aromatic N) is 2. The molecule has 0 aromatic heterocycles. The first-order chi connectivity index (χ1) is 14.1. The SMILES string of the molecule is COc1ccc(C2N=C(c3ccc(OI)cc3)C(C)N2c2ccc(Br)cc2)cc1. The van der Waals surface area contributed by atoms with Gasteiger partial charge in [0.25, 0.3) is 0 Å². The van der Waals surface area contributed by atoms with E-state index in [4.69, 9.17) is 12.8 Å². The maximum Gasteiger partial charge on any atom is 0.192 e. The minimum absolute atomic E-state index is 0.104. The van der Waals surface area contributed by atoms with E-state index in [0.717, 1.165) is 38.5 Å². The Labute approximate surface area is 193 Å². The largest absolute Gasteiger partial charge is 0.497 e. The summed E-state index contributed by atoms with van der Waals surface area (Å²) >= 11 is 5.43. The molecule has 148 valence electrons. The Morgan fingerprint density at radius 2 is 1.52 bits per heavy atom. The van der Waals surface area contributed by atoms with Gasteiger partial charge >= 0.3 is 0 Å². The van der Waals surface area contributed by atoms with Gasteiger partial charge < -0.3 is 12.7 Å². The summed E-state index contributed by atoms with van der Waals surface area (Å²) in [4.78, 5) is 7.50. The number of anilines is 1. The van der Waals surface area contributed by atoms with Crippen molar-refractivity contribution < 1.29 is 7.80 Å². The second-order valence-electron chi connectivity index (χ2n) is 6.82. The predicted molar refractivity (Wildman–Crippen MR) is 129 cm³/mol. The molecule has 0 spiro atoms. The molecule has 0 bridgehead atoms. The number of benzene rings is 3. The summed E-state index contributed by atoms with van der Waals surface area (Å²) in [6, 6.07) is 24.7. The van der Waals surface area contributed by atoms with Crippen LogP contribution in [0.25, 0.3) is 0 Å². The molecule has 2 unspecified atom stereocenters. The molecule has 0 saturated heterocycles. The van der Waals surface area contributed by atoms with E-state index in [1.54, 1.807) is 7.11 Å². The van der Waals surface area contributed by atoms with Gasteiger partial charge in [0.15, 0.2) is 23.0 Å². The van der Waals surface area contributed by atoms with E-state index in [0.29, 0.717) is 0 Å². The molecule has 1 aliphatic heterocycles. The van der Waals surface area contributed by atoms with Gasteiger partial charge in [-0.3, -0.25) is 4.99 Å². The first kappa shape index (κ1) is 20.2. The molecular formula is C23H20BrIN2O2. The Morgan fingerprint density at radius 1 is 0.897 bits per heavy atom. The van der Waals surface area contributed by atoms with Gasteiger partial charge in [0, 0.05) is 10.2 Å². The molecule has 0 radical (unpaired) electrons. The molecule has 4 nitrogen and oxygen atoms in total. The fourth-order valence-corrected chi connectivity index (χ4v) is 4.19. The van der Waals surface area contributed by atoms with E-state index in [9.17, 15) is 0 Å². The van der Waals surface area contributed by atoms with E-state index in [2.05, 4.69) is 76.3 Å². The van der Waals surface area contributed by atoms with Gasteiger partial charge in [-0.15, -0.1) is 0 Å². The van der Waals surface area contributed by atoms with Crippen molar-refractivity contribution in [3.8, 4) is 11.5 Å². The van der Waals surface area contributed by atoms with Crippen LogP contribution >= 0.6 is 38.9 Å². The monoisotopic (exact) mass is 562 g/mol. The van der Waals surface area contributed by atoms with E-state index in [1.807, 2.05) is 47.3 Å². The van der Waals surface area contributed by atoms with Crippen molar-refractivity contribution in [3.05, 3.63) is 88.4 Å². The fraction of sp³-hybridized carbons (Fsp3) is 0.174. The first-order valence-electron chi connectivity index (χ1n) is 9.25. The second kappa shape index (κ2) is 8.75. The molecule has 0 fully saturated rings. The standard InChI is InChI=1S/C23H20BrIN2O2/c1-15-22(16-3-13-21(29-25)14-4-16)26-23(17-5-11-20(28-2)12-6-17)27(15)19-9-7-18(24)8-10-19/h3-15,23H,1-2H3. The fourth-order valence-electron chi connectivity index (χ4n) is 3.63. The van der Waals surface area contributed by atoms with Gasteiger partial charge in [0.05, 0.1) is 18.9 Å². The van der Waals surface area contributed by atoms with Crippen LogP contribution in [0.15, 0.2) is 82.3 Å². The summed E-state index contributed by atoms with van der Waals surface area (Å²) in [5.74, 6) is 1.67. The molecule has 6 heteroatoms. The zero-order valence-corrected chi connectivity index (χ0v) is 19.8. The lowest BCUT2D eigenvalue weighted by atomic mass is 10.0. The van der Waals surface area contributed by atoms with E-state index >= 15 is 0 Å². The molecule has 2 atom stereocenters. The Bertz CT molecular complexity index is 1000. The molecule has 0 amide bonds. The van der Waals surface area contributed by atoms with Gasteiger partial charge in [0.2, 0.25) is 0 Å². The van der Waals surface area contributed by atoms with Crippen LogP contribution in [0.2, 0.25) is 0 Å². The van der Waals surface area contributed by atoms with E-state index < -0.39 is 0 Å². The zero-order valence-electron chi connectivity index (χ0n) is 16.0. The van der Waals surface area contributed by atoms with E-state index in [-0.39, 0.29) is 12.2 Å². The molecule has 0 N–H and O–H groups in total. The smallest absolute Gasteiger partial charge is 0.192 e. The van der Waals surface area contributed by atoms with Crippen LogP contribution in [-0.4, -0.2) is 18.9 Å². The van der Waals surface area contributed by atoms with Crippen molar-refractivity contribution in [2.24, 2.45) is 4.99 Å². The van der Waals surface area contributed by atoms with Crippen LogP contribution < -0.4 is 12.7 Å². The van der Waals surface area contributed by atoms with Gasteiger partial charge in [-0.2, -0.15) is 0 Å². The molecule has 0 saturated carbocycles. The number of rotatable bonds is 5. The zero-order chi connectivity index (χ0) is 20.4. The highest BCUT2D eigenvalue weighted by atomic mass is 127. The Kier molecular flexibility index (Phi) is 6.10. The van der Waals surface area contributed by atoms with Crippen molar-refractivity contribution in [2.75, 3.05) is 12.0 Å². The molecule has 4 rings (SSSR count). The lowest BCUT2D eigenvalue weighted by Crippen LogP contribution is -2.35. The number of aliphatic imine (C=N–C) groups is 1. The second-order valence-corrected chi connectivity index (χ2v) is 8.18. The Balaban J connectivity index is 1.76. The highest BCUT2D eigenvalue weighted by molar-refractivity contribution is 14.1. The van der Waals surface area contributed by atoms with Crippen LogP contribution in [0.4, 0.5) is 5.69 Å². The third kappa shape index (κ3) is 4.14. The highest BCUT2D eigenvalue weighted by Crippen LogP contribution is 2.38. The van der Waals surface area contributed by atoms with Crippen LogP contribution in [0.1, 0.15) is 24.2 Å². The minimum atomic E-state index is -0.104.